The fourth-order valence-corrected chi connectivity index (χ4v) is 5.63. The largest absolute Gasteiger partial charge is 0.306 e. The van der Waals surface area contributed by atoms with Gasteiger partial charge in [-0.05, 0) is 26.9 Å². The lowest BCUT2D eigenvalue weighted by molar-refractivity contribution is 0.251. The van der Waals surface area contributed by atoms with Crippen LogP contribution in [0.4, 0.5) is 0 Å². The zero-order valence-electron chi connectivity index (χ0n) is 25.9. The van der Waals surface area contributed by atoms with E-state index in [-0.39, 0.29) is 12.4 Å². The highest BCUT2D eigenvalue weighted by atomic mass is 35.5. The molecule has 1 nitrogen and oxygen atoms in total. The second kappa shape index (κ2) is 33.3. The smallest absolute Gasteiger partial charge is 0.00891 e. The van der Waals surface area contributed by atoms with Gasteiger partial charge in [0.05, 0.1) is 0 Å². The minimum atomic E-state index is 0. The van der Waals surface area contributed by atoms with Gasteiger partial charge in [0.1, 0.15) is 0 Å². The molecule has 0 spiro atoms. The molecule has 0 N–H and O–H groups in total. The van der Waals surface area contributed by atoms with E-state index in [4.69, 9.17) is 0 Å². The van der Waals surface area contributed by atoms with E-state index in [9.17, 15) is 0 Å². The van der Waals surface area contributed by atoms with Crippen molar-refractivity contribution >= 4 is 12.4 Å². The third kappa shape index (κ3) is 30.5. The number of unbranched alkanes of at least 4 members (excludes halogenated alkanes) is 25. The Balaban J connectivity index is 0. The molecule has 0 heterocycles. The van der Waals surface area contributed by atoms with Crippen LogP contribution >= 0.6 is 12.4 Å². The standard InChI is InChI=1S/C34H71N.ClH/c1-5-7-9-11-13-15-16-17-18-19-20-21-22-23-25-27-29-31-33-34(35(3)4)32-30-28-26-24-14-12-10-8-6-2;/h34H,5-33H2,1-4H3;1H. The van der Waals surface area contributed by atoms with E-state index >= 15 is 0 Å². The van der Waals surface area contributed by atoms with Crippen LogP contribution in [0.3, 0.4) is 0 Å². The van der Waals surface area contributed by atoms with Crippen LogP contribution < -0.4 is 0 Å². The lowest BCUT2D eigenvalue weighted by atomic mass is 9.99. The molecule has 0 amide bonds. The molecule has 0 aliphatic rings. The second-order valence-electron chi connectivity index (χ2n) is 12.0. The van der Waals surface area contributed by atoms with E-state index < -0.39 is 0 Å². The Bertz CT molecular complexity index is 370. The fraction of sp³-hybridized carbons (Fsp3) is 1.00. The van der Waals surface area contributed by atoms with Crippen molar-refractivity contribution in [1.82, 2.24) is 4.90 Å². The van der Waals surface area contributed by atoms with Gasteiger partial charge in [0, 0.05) is 6.04 Å². The van der Waals surface area contributed by atoms with Crippen LogP contribution in [0.15, 0.2) is 0 Å². The van der Waals surface area contributed by atoms with E-state index in [1.165, 1.54) is 186 Å². The average Bonchev–Trinajstić information content (AvgIpc) is 2.85. The van der Waals surface area contributed by atoms with Crippen molar-refractivity contribution < 1.29 is 0 Å². The predicted molar refractivity (Wildman–Crippen MR) is 170 cm³/mol. The average molecular weight is 530 g/mol. The molecule has 220 valence electrons. The van der Waals surface area contributed by atoms with Crippen molar-refractivity contribution in [2.24, 2.45) is 0 Å². The van der Waals surface area contributed by atoms with Gasteiger partial charge < -0.3 is 4.90 Å². The molecule has 0 aliphatic heterocycles. The summed E-state index contributed by atoms with van der Waals surface area (Å²) in [6.45, 7) is 4.61. The first-order valence-corrected chi connectivity index (χ1v) is 16.9. The molecule has 0 aromatic rings. The monoisotopic (exact) mass is 530 g/mol. The van der Waals surface area contributed by atoms with Crippen molar-refractivity contribution in [3.8, 4) is 0 Å². The summed E-state index contributed by atoms with van der Waals surface area (Å²) in [6, 6.07) is 0.820. The molecule has 0 aliphatic carbocycles. The summed E-state index contributed by atoms with van der Waals surface area (Å²) in [7, 11) is 4.60. The molecule has 0 rings (SSSR count). The highest BCUT2D eigenvalue weighted by Crippen LogP contribution is 2.18. The van der Waals surface area contributed by atoms with Crippen LogP contribution in [-0.4, -0.2) is 25.0 Å². The number of nitrogens with zero attached hydrogens (tertiary/aromatic N) is 1. The molecule has 36 heavy (non-hydrogen) atoms. The lowest BCUT2D eigenvalue weighted by Crippen LogP contribution is -2.27. The summed E-state index contributed by atoms with van der Waals surface area (Å²) in [5.41, 5.74) is 0. The first-order valence-electron chi connectivity index (χ1n) is 16.9. The highest BCUT2D eigenvalue weighted by Gasteiger charge is 2.10. The number of rotatable bonds is 30. The van der Waals surface area contributed by atoms with Crippen LogP contribution in [-0.2, 0) is 0 Å². The molecule has 0 fully saturated rings. The van der Waals surface area contributed by atoms with E-state index in [0.29, 0.717) is 0 Å². The molecular weight excluding hydrogens is 458 g/mol. The van der Waals surface area contributed by atoms with Gasteiger partial charge in [0.15, 0.2) is 0 Å². The van der Waals surface area contributed by atoms with Crippen LogP contribution in [0.2, 0.25) is 0 Å². The molecule has 1 unspecified atom stereocenters. The minimum absolute atomic E-state index is 0. The first-order chi connectivity index (χ1) is 17.2. The zero-order valence-corrected chi connectivity index (χ0v) is 26.8. The summed E-state index contributed by atoms with van der Waals surface area (Å²) in [5.74, 6) is 0. The van der Waals surface area contributed by atoms with Crippen molar-refractivity contribution in [2.45, 2.75) is 206 Å². The Kier molecular flexibility index (Phi) is 35.5. The topological polar surface area (TPSA) is 3.24 Å². The molecule has 0 bridgehead atoms. The van der Waals surface area contributed by atoms with Gasteiger partial charge in [0.25, 0.3) is 0 Å². The fourth-order valence-electron chi connectivity index (χ4n) is 5.63. The molecule has 0 aromatic heterocycles. The zero-order chi connectivity index (χ0) is 25.7. The quantitative estimate of drug-likeness (QED) is 0.0835. The van der Waals surface area contributed by atoms with Gasteiger partial charge in [-0.1, -0.05) is 187 Å². The Morgan fingerprint density at radius 3 is 0.722 bits per heavy atom. The summed E-state index contributed by atoms with van der Waals surface area (Å²) < 4.78 is 0. The van der Waals surface area contributed by atoms with Crippen LogP contribution in [0.25, 0.3) is 0 Å². The van der Waals surface area contributed by atoms with E-state index in [1.54, 1.807) is 0 Å². The first kappa shape index (κ1) is 38.4. The van der Waals surface area contributed by atoms with Gasteiger partial charge in [0.2, 0.25) is 0 Å². The molecule has 0 aromatic carbocycles. The Morgan fingerprint density at radius 2 is 0.528 bits per heavy atom. The van der Waals surface area contributed by atoms with E-state index in [0.717, 1.165) is 6.04 Å². The SMILES string of the molecule is CCCCCCCCCCCCCCCCCCCCC(CCCCCCCCCCC)N(C)C.Cl. The van der Waals surface area contributed by atoms with Gasteiger partial charge in [-0.25, -0.2) is 0 Å². The lowest BCUT2D eigenvalue weighted by Gasteiger charge is -2.24. The van der Waals surface area contributed by atoms with E-state index in [2.05, 4.69) is 32.8 Å². The summed E-state index contributed by atoms with van der Waals surface area (Å²) in [6.07, 6.45) is 42.3. The number of hydrogen-bond donors (Lipinski definition) is 0. The number of hydrogen-bond acceptors (Lipinski definition) is 1. The predicted octanol–water partition coefficient (Wildman–Crippen LogP) is 12.7. The maximum absolute atomic E-state index is 2.50. The summed E-state index contributed by atoms with van der Waals surface area (Å²) in [4.78, 5) is 2.50. The number of halogens is 1. The van der Waals surface area contributed by atoms with Crippen LogP contribution in [0, 0.1) is 0 Å². The van der Waals surface area contributed by atoms with Crippen molar-refractivity contribution in [1.29, 1.82) is 0 Å². The summed E-state index contributed by atoms with van der Waals surface area (Å²) in [5, 5.41) is 0. The summed E-state index contributed by atoms with van der Waals surface area (Å²) >= 11 is 0. The third-order valence-electron chi connectivity index (χ3n) is 8.26. The molecule has 0 saturated carbocycles. The van der Waals surface area contributed by atoms with Crippen molar-refractivity contribution in [3.05, 3.63) is 0 Å². The maximum atomic E-state index is 2.50. The maximum Gasteiger partial charge on any atom is 0.00891 e. The molecule has 0 radical (unpaired) electrons. The third-order valence-corrected chi connectivity index (χ3v) is 8.26. The minimum Gasteiger partial charge on any atom is -0.306 e. The van der Waals surface area contributed by atoms with Crippen molar-refractivity contribution in [3.63, 3.8) is 0 Å². The molecule has 1 atom stereocenters. The van der Waals surface area contributed by atoms with Gasteiger partial charge in [-0.3, -0.25) is 0 Å². The van der Waals surface area contributed by atoms with Gasteiger partial charge in [-0.15, -0.1) is 12.4 Å². The Labute approximate surface area is 237 Å². The van der Waals surface area contributed by atoms with Gasteiger partial charge >= 0.3 is 0 Å². The van der Waals surface area contributed by atoms with Crippen LogP contribution in [0.5, 0.6) is 0 Å². The van der Waals surface area contributed by atoms with E-state index in [1.807, 2.05) is 0 Å². The normalized spacial score (nSPS) is 12.2. The molecule has 2 heteroatoms. The Hall–Kier alpha value is 0.250. The van der Waals surface area contributed by atoms with Crippen molar-refractivity contribution in [2.75, 3.05) is 14.1 Å². The molecular formula is C34H72ClN. The Morgan fingerprint density at radius 1 is 0.333 bits per heavy atom. The second-order valence-corrected chi connectivity index (χ2v) is 12.0. The highest BCUT2D eigenvalue weighted by molar-refractivity contribution is 5.85. The molecule has 0 saturated heterocycles. The van der Waals surface area contributed by atoms with Gasteiger partial charge in [-0.2, -0.15) is 0 Å². The van der Waals surface area contributed by atoms with Crippen LogP contribution in [0.1, 0.15) is 200 Å².